The molecule has 1 aliphatic heterocycles. The van der Waals surface area contributed by atoms with Gasteiger partial charge >= 0.3 is 6.03 Å². The van der Waals surface area contributed by atoms with Crippen molar-refractivity contribution in [2.75, 3.05) is 33.2 Å². The fourth-order valence-electron chi connectivity index (χ4n) is 1.96. The largest absolute Gasteiger partial charge is 0.336 e. The quantitative estimate of drug-likeness (QED) is 0.876. The number of hydrogen-bond donors (Lipinski definition) is 1. The van der Waals surface area contributed by atoms with Crippen LogP contribution in [-0.2, 0) is 10.0 Å². The summed E-state index contributed by atoms with van der Waals surface area (Å²) in [6.07, 6.45) is 0. The molecule has 2 rings (SSSR count). The molecule has 9 heteroatoms. The lowest BCUT2D eigenvalue weighted by Gasteiger charge is -2.21. The highest BCUT2D eigenvalue weighted by Gasteiger charge is 2.26. The number of nitrogens with one attached hydrogen (secondary N) is 1. The lowest BCUT2D eigenvalue weighted by Crippen LogP contribution is -2.38. The number of urea groups is 1. The summed E-state index contributed by atoms with van der Waals surface area (Å²) in [5.74, 6) is 0. The summed E-state index contributed by atoms with van der Waals surface area (Å²) in [6, 6.07) is 4.28. The van der Waals surface area contributed by atoms with Crippen molar-refractivity contribution in [3.05, 3.63) is 28.2 Å². The van der Waals surface area contributed by atoms with Gasteiger partial charge < -0.3 is 10.2 Å². The Morgan fingerprint density at radius 1 is 1.38 bits per heavy atom. The predicted molar refractivity (Wildman–Crippen MR) is 81.2 cm³/mol. The summed E-state index contributed by atoms with van der Waals surface area (Å²) >= 11 is 11.8. The molecule has 2 amide bonds. The molecule has 0 aromatic heterocycles. The zero-order valence-electron chi connectivity index (χ0n) is 11.3. The Balaban J connectivity index is 2.11. The van der Waals surface area contributed by atoms with Gasteiger partial charge in [0, 0.05) is 33.2 Å². The molecule has 21 heavy (non-hydrogen) atoms. The van der Waals surface area contributed by atoms with E-state index in [9.17, 15) is 13.2 Å². The van der Waals surface area contributed by atoms with Crippen molar-refractivity contribution in [2.24, 2.45) is 0 Å². The number of amides is 2. The van der Waals surface area contributed by atoms with Gasteiger partial charge in [-0.1, -0.05) is 29.3 Å². The van der Waals surface area contributed by atoms with Crippen molar-refractivity contribution >= 4 is 39.3 Å². The maximum atomic E-state index is 12.5. The molecule has 0 unspecified atom stereocenters. The molecule has 0 saturated carbocycles. The number of halogens is 2. The number of likely N-dealkylation sites (N-methyl/N-ethyl adjacent to an activating group) is 1. The van der Waals surface area contributed by atoms with Crippen molar-refractivity contribution < 1.29 is 13.2 Å². The van der Waals surface area contributed by atoms with Crippen molar-refractivity contribution in [3.8, 4) is 0 Å². The Bertz CT molecular complexity index is 651. The minimum absolute atomic E-state index is 0.00457. The van der Waals surface area contributed by atoms with Gasteiger partial charge in [-0.25, -0.2) is 13.2 Å². The number of benzene rings is 1. The van der Waals surface area contributed by atoms with E-state index in [1.807, 2.05) is 0 Å². The van der Waals surface area contributed by atoms with Crippen molar-refractivity contribution in [1.29, 1.82) is 0 Å². The minimum atomic E-state index is -3.74. The van der Waals surface area contributed by atoms with Crippen LogP contribution in [0, 0.1) is 0 Å². The first kappa shape index (κ1) is 16.4. The van der Waals surface area contributed by atoms with Gasteiger partial charge in [0.25, 0.3) is 0 Å². The number of sulfonamides is 1. The van der Waals surface area contributed by atoms with E-state index in [-0.39, 0.29) is 27.5 Å². The van der Waals surface area contributed by atoms with Gasteiger partial charge in [0.15, 0.2) is 0 Å². The summed E-state index contributed by atoms with van der Waals surface area (Å²) < 4.78 is 26.1. The molecule has 1 aliphatic rings. The Morgan fingerprint density at radius 3 is 2.71 bits per heavy atom. The lowest BCUT2D eigenvalue weighted by molar-refractivity contribution is 0.215. The van der Waals surface area contributed by atoms with E-state index in [1.165, 1.54) is 25.2 Å². The average Bonchev–Trinajstić information content (AvgIpc) is 2.84. The van der Waals surface area contributed by atoms with Gasteiger partial charge in [0.1, 0.15) is 4.90 Å². The van der Waals surface area contributed by atoms with Crippen LogP contribution in [0.3, 0.4) is 0 Å². The Morgan fingerprint density at radius 2 is 2.10 bits per heavy atom. The molecule has 0 aliphatic carbocycles. The van der Waals surface area contributed by atoms with Crippen LogP contribution < -0.4 is 5.32 Å². The van der Waals surface area contributed by atoms with Gasteiger partial charge in [-0.3, -0.25) is 0 Å². The first-order valence-electron chi connectivity index (χ1n) is 6.27. The van der Waals surface area contributed by atoms with E-state index < -0.39 is 10.0 Å². The molecule has 0 atom stereocenters. The highest BCUT2D eigenvalue weighted by molar-refractivity contribution is 7.89. The van der Waals surface area contributed by atoms with Gasteiger partial charge in [-0.15, -0.1) is 0 Å². The Hall–Kier alpha value is -1.02. The zero-order valence-corrected chi connectivity index (χ0v) is 13.7. The monoisotopic (exact) mass is 351 g/mol. The van der Waals surface area contributed by atoms with Gasteiger partial charge in [0.2, 0.25) is 10.0 Å². The van der Waals surface area contributed by atoms with E-state index in [4.69, 9.17) is 23.2 Å². The van der Waals surface area contributed by atoms with Crippen molar-refractivity contribution in [1.82, 2.24) is 14.5 Å². The number of carbonyl (C=O) groups excluding carboxylic acids is 1. The van der Waals surface area contributed by atoms with Crippen LogP contribution in [0.1, 0.15) is 0 Å². The fourth-order valence-corrected chi connectivity index (χ4v) is 3.85. The summed E-state index contributed by atoms with van der Waals surface area (Å²) in [6.45, 7) is 1.65. The zero-order chi connectivity index (χ0) is 15.6. The Kier molecular flexibility index (Phi) is 4.98. The van der Waals surface area contributed by atoms with E-state index in [2.05, 4.69) is 5.32 Å². The highest BCUT2D eigenvalue weighted by atomic mass is 35.5. The number of carbonyl (C=O) groups is 1. The molecular formula is C12H15Cl2N3O3S. The maximum absolute atomic E-state index is 12.5. The molecule has 0 spiro atoms. The van der Waals surface area contributed by atoms with Gasteiger partial charge in [0.05, 0.1) is 10.0 Å². The van der Waals surface area contributed by atoms with Gasteiger partial charge in [-0.2, -0.15) is 4.31 Å². The van der Waals surface area contributed by atoms with Crippen LogP contribution in [0.15, 0.2) is 23.1 Å². The highest BCUT2D eigenvalue weighted by Crippen LogP contribution is 2.30. The summed E-state index contributed by atoms with van der Waals surface area (Å²) in [5, 5.41) is 2.85. The van der Waals surface area contributed by atoms with Crippen LogP contribution in [0.5, 0.6) is 0 Å². The topological polar surface area (TPSA) is 69.7 Å². The molecule has 1 saturated heterocycles. The number of rotatable bonds is 5. The molecule has 0 bridgehead atoms. The molecular weight excluding hydrogens is 337 g/mol. The van der Waals surface area contributed by atoms with E-state index in [1.54, 1.807) is 4.90 Å². The third-order valence-electron chi connectivity index (χ3n) is 3.23. The van der Waals surface area contributed by atoms with Crippen LogP contribution in [-0.4, -0.2) is 56.9 Å². The lowest BCUT2D eigenvalue weighted by atomic mass is 10.4. The Labute approximate surface area is 133 Å². The molecule has 1 fully saturated rings. The maximum Gasteiger partial charge on any atom is 0.317 e. The second kappa shape index (κ2) is 6.39. The number of nitrogens with zero attached hydrogens (tertiary/aromatic N) is 2. The smallest absolute Gasteiger partial charge is 0.317 e. The number of hydrogen-bond acceptors (Lipinski definition) is 3. The summed E-state index contributed by atoms with van der Waals surface area (Å²) in [5.41, 5.74) is 0. The SMILES string of the molecule is CN(CCN1CCNC1=O)S(=O)(=O)c1cccc(Cl)c1Cl. The predicted octanol–water partition coefficient (Wildman–Crippen LogP) is 1.64. The van der Waals surface area contributed by atoms with Crippen LogP contribution in [0.25, 0.3) is 0 Å². The molecule has 1 heterocycles. The second-order valence-electron chi connectivity index (χ2n) is 4.60. The fraction of sp³-hybridized carbons (Fsp3) is 0.417. The van der Waals surface area contributed by atoms with Crippen molar-refractivity contribution in [3.63, 3.8) is 0 Å². The van der Waals surface area contributed by atoms with Crippen molar-refractivity contribution in [2.45, 2.75) is 4.90 Å². The molecule has 1 N–H and O–H groups in total. The standard InChI is InChI=1S/C12H15Cl2N3O3S/c1-16(7-8-17-6-5-15-12(17)18)21(19,20)10-4-2-3-9(13)11(10)14/h2-4H,5-8H2,1H3,(H,15,18). The molecule has 0 radical (unpaired) electrons. The van der Waals surface area contributed by atoms with E-state index in [0.717, 1.165) is 4.31 Å². The van der Waals surface area contributed by atoms with Crippen LogP contribution in [0.4, 0.5) is 4.79 Å². The first-order valence-corrected chi connectivity index (χ1v) is 8.47. The molecule has 1 aromatic rings. The van der Waals surface area contributed by atoms with Crippen LogP contribution >= 0.6 is 23.2 Å². The third kappa shape index (κ3) is 3.42. The summed E-state index contributed by atoms with van der Waals surface area (Å²) in [7, 11) is -2.30. The van der Waals surface area contributed by atoms with Gasteiger partial charge in [-0.05, 0) is 12.1 Å². The second-order valence-corrected chi connectivity index (χ2v) is 7.40. The molecule has 116 valence electrons. The molecule has 1 aromatic carbocycles. The normalized spacial score (nSPS) is 15.6. The third-order valence-corrected chi connectivity index (χ3v) is 6.06. The first-order chi connectivity index (χ1) is 9.84. The van der Waals surface area contributed by atoms with Crippen LogP contribution in [0.2, 0.25) is 10.0 Å². The summed E-state index contributed by atoms with van der Waals surface area (Å²) in [4.78, 5) is 12.9. The minimum Gasteiger partial charge on any atom is -0.336 e. The van der Waals surface area contributed by atoms with E-state index >= 15 is 0 Å². The molecule has 6 nitrogen and oxygen atoms in total. The van der Waals surface area contributed by atoms with E-state index in [0.29, 0.717) is 19.6 Å². The average molecular weight is 352 g/mol.